The van der Waals surface area contributed by atoms with Crippen molar-refractivity contribution in [3.8, 4) is 5.75 Å². The SMILES string of the molecule is COc1cccc([C@@H](CN2CCN(S(=O)(=O)c3c(C)nn(C)c3Cl)CC2)OCc2ccc(C)cc2)c1. The molecular formula is C26H33ClN4O4S. The number of nitrogens with zero attached hydrogens (tertiary/aromatic N) is 4. The minimum atomic E-state index is -3.72. The maximum atomic E-state index is 13.3. The maximum Gasteiger partial charge on any atom is 0.248 e. The minimum Gasteiger partial charge on any atom is -0.497 e. The monoisotopic (exact) mass is 532 g/mol. The molecule has 2 heterocycles. The van der Waals surface area contributed by atoms with Gasteiger partial charge < -0.3 is 9.47 Å². The average molecular weight is 533 g/mol. The lowest BCUT2D eigenvalue weighted by atomic mass is 10.1. The van der Waals surface area contributed by atoms with E-state index in [9.17, 15) is 8.42 Å². The zero-order chi connectivity index (χ0) is 25.9. The Bertz CT molecular complexity index is 1290. The van der Waals surface area contributed by atoms with Crippen LogP contribution in [0.1, 0.15) is 28.5 Å². The van der Waals surface area contributed by atoms with Crippen molar-refractivity contribution in [2.45, 2.75) is 31.5 Å². The van der Waals surface area contributed by atoms with E-state index in [0.717, 1.165) is 16.9 Å². The number of methoxy groups -OCH3 is 1. The molecule has 4 rings (SSSR count). The second-order valence-electron chi connectivity index (χ2n) is 9.10. The number of halogens is 1. The van der Waals surface area contributed by atoms with Gasteiger partial charge in [-0.1, -0.05) is 53.6 Å². The Morgan fingerprint density at radius 2 is 1.75 bits per heavy atom. The fourth-order valence-electron chi connectivity index (χ4n) is 4.40. The van der Waals surface area contributed by atoms with Gasteiger partial charge in [0.05, 0.1) is 25.5 Å². The number of aromatic nitrogens is 2. The molecule has 0 aliphatic carbocycles. The van der Waals surface area contributed by atoms with E-state index >= 15 is 0 Å². The molecule has 1 atom stereocenters. The quantitative estimate of drug-likeness (QED) is 0.415. The van der Waals surface area contributed by atoms with Crippen LogP contribution in [-0.4, -0.2) is 67.2 Å². The van der Waals surface area contributed by atoms with Gasteiger partial charge in [-0.25, -0.2) is 8.42 Å². The van der Waals surface area contributed by atoms with Crippen LogP contribution in [0.15, 0.2) is 53.4 Å². The molecule has 0 N–H and O–H groups in total. The van der Waals surface area contributed by atoms with Gasteiger partial charge in [-0.05, 0) is 37.1 Å². The normalized spacial score (nSPS) is 16.2. The highest BCUT2D eigenvalue weighted by Crippen LogP contribution is 2.29. The summed E-state index contributed by atoms with van der Waals surface area (Å²) in [7, 11) is -0.431. The van der Waals surface area contributed by atoms with E-state index in [0.29, 0.717) is 45.0 Å². The summed E-state index contributed by atoms with van der Waals surface area (Å²) in [6, 6.07) is 16.2. The highest BCUT2D eigenvalue weighted by Gasteiger charge is 2.34. The highest BCUT2D eigenvalue weighted by atomic mass is 35.5. The lowest BCUT2D eigenvalue weighted by Gasteiger charge is -2.35. The molecule has 8 nitrogen and oxygen atoms in total. The van der Waals surface area contributed by atoms with Crippen molar-refractivity contribution >= 4 is 21.6 Å². The second-order valence-corrected chi connectivity index (χ2v) is 11.3. The van der Waals surface area contributed by atoms with E-state index in [4.69, 9.17) is 21.1 Å². The van der Waals surface area contributed by atoms with Crippen LogP contribution in [0.25, 0.3) is 0 Å². The summed E-state index contributed by atoms with van der Waals surface area (Å²) in [5.41, 5.74) is 3.74. The van der Waals surface area contributed by atoms with Crippen molar-refractivity contribution in [2.24, 2.45) is 7.05 Å². The molecule has 2 aromatic carbocycles. The third kappa shape index (κ3) is 5.92. The summed E-state index contributed by atoms with van der Waals surface area (Å²) in [5, 5.41) is 4.30. The molecule has 1 aliphatic rings. The van der Waals surface area contributed by atoms with Crippen molar-refractivity contribution < 1.29 is 17.9 Å². The lowest BCUT2D eigenvalue weighted by Crippen LogP contribution is -2.49. The van der Waals surface area contributed by atoms with Gasteiger partial charge >= 0.3 is 0 Å². The zero-order valence-electron chi connectivity index (χ0n) is 21.1. The van der Waals surface area contributed by atoms with E-state index in [-0.39, 0.29) is 16.2 Å². The summed E-state index contributed by atoms with van der Waals surface area (Å²) in [6.07, 6.45) is -0.195. The van der Waals surface area contributed by atoms with Crippen LogP contribution in [-0.2, 0) is 28.4 Å². The third-order valence-electron chi connectivity index (χ3n) is 6.49. The van der Waals surface area contributed by atoms with Gasteiger partial charge in [0.1, 0.15) is 15.8 Å². The Labute approximate surface area is 218 Å². The lowest BCUT2D eigenvalue weighted by molar-refractivity contribution is 0.00762. The summed E-state index contributed by atoms with van der Waals surface area (Å²) in [6.45, 7) is 6.77. The number of ether oxygens (including phenoxy) is 2. The number of rotatable bonds is 9. The van der Waals surface area contributed by atoms with Gasteiger partial charge in [0.25, 0.3) is 0 Å². The van der Waals surface area contributed by atoms with Gasteiger partial charge in [-0.3, -0.25) is 9.58 Å². The zero-order valence-corrected chi connectivity index (χ0v) is 22.7. The molecule has 1 fully saturated rings. The molecule has 0 amide bonds. The topological polar surface area (TPSA) is 76.9 Å². The highest BCUT2D eigenvalue weighted by molar-refractivity contribution is 7.89. The number of piperazine rings is 1. The molecule has 0 saturated carbocycles. The predicted molar refractivity (Wildman–Crippen MR) is 140 cm³/mol. The fraction of sp³-hybridized carbons (Fsp3) is 0.423. The molecule has 36 heavy (non-hydrogen) atoms. The van der Waals surface area contributed by atoms with Gasteiger partial charge in [0.2, 0.25) is 10.0 Å². The molecule has 0 bridgehead atoms. The number of aryl methyl sites for hydroxylation is 3. The van der Waals surface area contributed by atoms with Crippen LogP contribution in [0.2, 0.25) is 5.15 Å². The van der Waals surface area contributed by atoms with E-state index in [2.05, 4.69) is 41.2 Å². The molecule has 1 aliphatic heterocycles. The molecule has 0 spiro atoms. The Balaban J connectivity index is 1.45. The van der Waals surface area contributed by atoms with Crippen molar-refractivity contribution in [1.82, 2.24) is 19.0 Å². The first-order valence-corrected chi connectivity index (χ1v) is 13.7. The van der Waals surface area contributed by atoms with Crippen LogP contribution in [0.3, 0.4) is 0 Å². The molecular weight excluding hydrogens is 500 g/mol. The molecule has 0 unspecified atom stereocenters. The molecule has 1 aromatic heterocycles. The van der Waals surface area contributed by atoms with Gasteiger partial charge in [-0.2, -0.15) is 9.40 Å². The van der Waals surface area contributed by atoms with Gasteiger partial charge in [0, 0.05) is 39.8 Å². The molecule has 3 aromatic rings. The Hall–Kier alpha value is -2.43. The number of hydrogen-bond acceptors (Lipinski definition) is 6. The number of sulfonamides is 1. The van der Waals surface area contributed by atoms with Crippen molar-refractivity contribution in [1.29, 1.82) is 0 Å². The molecule has 0 radical (unpaired) electrons. The standard InChI is InChI=1S/C26H33ClN4O4S/c1-19-8-10-21(11-9-19)18-35-24(22-6-5-7-23(16-22)34-4)17-30-12-14-31(15-13-30)36(32,33)25-20(2)28-29(3)26(25)27/h5-11,16,24H,12-15,17-18H2,1-4H3/t24-/m1/s1. The first-order valence-electron chi connectivity index (χ1n) is 11.9. The second kappa shape index (κ2) is 11.3. The minimum absolute atomic E-state index is 0.0933. The maximum absolute atomic E-state index is 13.3. The number of benzene rings is 2. The summed E-state index contributed by atoms with van der Waals surface area (Å²) >= 11 is 6.26. The van der Waals surface area contributed by atoms with E-state index in [1.807, 2.05) is 24.3 Å². The summed E-state index contributed by atoms with van der Waals surface area (Å²) < 4.78 is 41.3. The Morgan fingerprint density at radius 1 is 1.06 bits per heavy atom. The van der Waals surface area contributed by atoms with Crippen molar-refractivity contribution in [3.63, 3.8) is 0 Å². The molecule has 10 heteroatoms. The van der Waals surface area contributed by atoms with Crippen molar-refractivity contribution in [2.75, 3.05) is 39.8 Å². The largest absolute Gasteiger partial charge is 0.497 e. The van der Waals surface area contributed by atoms with Crippen LogP contribution in [0, 0.1) is 13.8 Å². The first-order chi connectivity index (χ1) is 17.2. The van der Waals surface area contributed by atoms with Gasteiger partial charge in [-0.15, -0.1) is 0 Å². The van der Waals surface area contributed by atoms with Crippen LogP contribution >= 0.6 is 11.6 Å². The van der Waals surface area contributed by atoms with Crippen LogP contribution in [0.4, 0.5) is 0 Å². The first kappa shape index (κ1) is 26.6. The average Bonchev–Trinajstić information content (AvgIpc) is 3.14. The Morgan fingerprint density at radius 3 is 2.36 bits per heavy atom. The van der Waals surface area contributed by atoms with Crippen molar-refractivity contribution in [3.05, 3.63) is 76.1 Å². The molecule has 194 valence electrons. The van der Waals surface area contributed by atoms with E-state index in [1.165, 1.54) is 14.6 Å². The molecule has 1 saturated heterocycles. The Kier molecular flexibility index (Phi) is 8.37. The third-order valence-corrected chi connectivity index (χ3v) is 9.09. The van der Waals surface area contributed by atoms with E-state index in [1.54, 1.807) is 21.1 Å². The van der Waals surface area contributed by atoms with Gasteiger partial charge in [0.15, 0.2) is 0 Å². The summed E-state index contributed by atoms with van der Waals surface area (Å²) in [5.74, 6) is 0.774. The van der Waals surface area contributed by atoms with Crippen LogP contribution < -0.4 is 4.74 Å². The summed E-state index contributed by atoms with van der Waals surface area (Å²) in [4.78, 5) is 2.33. The number of hydrogen-bond donors (Lipinski definition) is 0. The van der Waals surface area contributed by atoms with Crippen LogP contribution in [0.5, 0.6) is 5.75 Å². The smallest absolute Gasteiger partial charge is 0.248 e. The van der Waals surface area contributed by atoms with E-state index < -0.39 is 10.0 Å². The predicted octanol–water partition coefficient (Wildman–Crippen LogP) is 3.96. The fourth-order valence-corrected chi connectivity index (χ4v) is 6.53.